The number of aromatic nitrogens is 2. The van der Waals surface area contributed by atoms with Crippen molar-refractivity contribution in [3.8, 4) is 5.75 Å². The highest BCUT2D eigenvalue weighted by Gasteiger charge is 2.26. The predicted octanol–water partition coefficient (Wildman–Crippen LogP) is 2.27. The molecule has 1 aromatic heterocycles. The van der Waals surface area contributed by atoms with Crippen molar-refractivity contribution in [1.82, 2.24) is 20.0 Å². The van der Waals surface area contributed by atoms with E-state index in [0.29, 0.717) is 37.9 Å². The van der Waals surface area contributed by atoms with Crippen LogP contribution in [0.1, 0.15) is 40.5 Å². The zero-order chi connectivity index (χ0) is 19.3. The van der Waals surface area contributed by atoms with Crippen LogP contribution >= 0.6 is 0 Å². The standard InChI is InChI=1S/C21H28N4O3/c1-27-18-6-4-16(5-7-18)14-24-8-2-3-17(15-24)19-13-20(23-22-19)21(26)25-9-11-28-12-10-25/h4-7,13,17H,2-3,8-12,14-15H2,1H3,(H,22,23)/t17-/m0/s1. The maximum absolute atomic E-state index is 12.6. The summed E-state index contributed by atoms with van der Waals surface area (Å²) >= 11 is 0. The summed E-state index contributed by atoms with van der Waals surface area (Å²) in [6, 6.07) is 10.2. The van der Waals surface area contributed by atoms with E-state index in [2.05, 4.69) is 27.2 Å². The van der Waals surface area contributed by atoms with Gasteiger partial charge in [-0.1, -0.05) is 12.1 Å². The summed E-state index contributed by atoms with van der Waals surface area (Å²) in [7, 11) is 1.69. The van der Waals surface area contributed by atoms with E-state index in [1.807, 2.05) is 23.1 Å². The van der Waals surface area contributed by atoms with Gasteiger partial charge in [-0.05, 0) is 43.1 Å². The molecule has 1 N–H and O–H groups in total. The smallest absolute Gasteiger partial charge is 0.274 e. The van der Waals surface area contributed by atoms with E-state index < -0.39 is 0 Å². The Morgan fingerprint density at radius 2 is 2.04 bits per heavy atom. The van der Waals surface area contributed by atoms with Gasteiger partial charge in [0, 0.05) is 37.8 Å². The molecule has 0 radical (unpaired) electrons. The molecule has 2 saturated heterocycles. The number of H-pyrrole nitrogens is 1. The minimum absolute atomic E-state index is 0.00306. The first-order valence-corrected chi connectivity index (χ1v) is 10.0. The van der Waals surface area contributed by atoms with Crippen LogP contribution in [0.5, 0.6) is 5.75 Å². The summed E-state index contributed by atoms with van der Waals surface area (Å²) in [5.74, 6) is 1.26. The maximum Gasteiger partial charge on any atom is 0.274 e. The lowest BCUT2D eigenvalue weighted by molar-refractivity contribution is 0.0299. The molecule has 3 heterocycles. The first-order valence-electron chi connectivity index (χ1n) is 10.0. The summed E-state index contributed by atoms with van der Waals surface area (Å²) in [5, 5.41) is 7.43. The molecule has 2 aliphatic heterocycles. The number of morpholine rings is 1. The molecule has 0 saturated carbocycles. The van der Waals surface area contributed by atoms with Gasteiger partial charge in [-0.15, -0.1) is 0 Å². The predicted molar refractivity (Wildman–Crippen MR) is 106 cm³/mol. The van der Waals surface area contributed by atoms with Crippen LogP contribution in [0, 0.1) is 0 Å². The minimum atomic E-state index is -0.00306. The zero-order valence-corrected chi connectivity index (χ0v) is 16.4. The van der Waals surface area contributed by atoms with E-state index in [1.165, 1.54) is 5.56 Å². The molecule has 4 rings (SSSR count). The van der Waals surface area contributed by atoms with E-state index in [9.17, 15) is 4.79 Å². The van der Waals surface area contributed by atoms with E-state index in [1.54, 1.807) is 7.11 Å². The molecule has 0 spiro atoms. The van der Waals surface area contributed by atoms with Gasteiger partial charge in [0.1, 0.15) is 11.4 Å². The van der Waals surface area contributed by atoms with Crippen LogP contribution in [0.3, 0.4) is 0 Å². The van der Waals surface area contributed by atoms with Crippen LogP contribution in [0.2, 0.25) is 0 Å². The maximum atomic E-state index is 12.6. The highest BCUT2D eigenvalue weighted by atomic mass is 16.5. The molecule has 1 aromatic carbocycles. The summed E-state index contributed by atoms with van der Waals surface area (Å²) < 4.78 is 10.6. The number of carbonyl (C=O) groups is 1. The van der Waals surface area contributed by atoms with E-state index in [0.717, 1.165) is 43.9 Å². The number of ether oxygens (including phenoxy) is 2. The monoisotopic (exact) mass is 384 g/mol. The SMILES string of the molecule is COc1ccc(CN2CCC[C@H](c3cc(C(=O)N4CCOCC4)n[nH]3)C2)cc1. The fourth-order valence-electron chi connectivity index (χ4n) is 4.03. The van der Waals surface area contributed by atoms with Crippen molar-refractivity contribution < 1.29 is 14.3 Å². The Labute approximate surface area is 165 Å². The van der Waals surface area contributed by atoms with Crippen LogP contribution in [0.4, 0.5) is 0 Å². The fraction of sp³-hybridized carbons (Fsp3) is 0.524. The van der Waals surface area contributed by atoms with Gasteiger partial charge in [-0.3, -0.25) is 14.8 Å². The molecule has 7 heteroatoms. The summed E-state index contributed by atoms with van der Waals surface area (Å²) in [4.78, 5) is 16.9. The summed E-state index contributed by atoms with van der Waals surface area (Å²) in [6.07, 6.45) is 2.26. The number of nitrogens with zero attached hydrogens (tertiary/aromatic N) is 3. The average molecular weight is 384 g/mol. The Bertz CT molecular complexity index is 783. The van der Waals surface area contributed by atoms with Crippen molar-refractivity contribution in [2.45, 2.75) is 25.3 Å². The van der Waals surface area contributed by atoms with Crippen molar-refractivity contribution >= 4 is 5.91 Å². The number of rotatable bonds is 5. The lowest BCUT2D eigenvalue weighted by Crippen LogP contribution is -2.40. The van der Waals surface area contributed by atoms with Crippen LogP contribution in [-0.4, -0.2) is 72.4 Å². The molecule has 1 atom stereocenters. The van der Waals surface area contributed by atoms with Crippen molar-refractivity contribution in [2.75, 3.05) is 46.5 Å². The molecular weight excluding hydrogens is 356 g/mol. The number of methoxy groups -OCH3 is 1. The molecular formula is C21H28N4O3. The number of carbonyl (C=O) groups excluding carboxylic acids is 1. The van der Waals surface area contributed by atoms with Crippen molar-refractivity contribution in [3.05, 3.63) is 47.3 Å². The van der Waals surface area contributed by atoms with Gasteiger partial charge in [0.2, 0.25) is 0 Å². The second-order valence-corrected chi connectivity index (χ2v) is 7.54. The molecule has 0 unspecified atom stereocenters. The summed E-state index contributed by atoms with van der Waals surface area (Å²) in [5.41, 5.74) is 2.87. The largest absolute Gasteiger partial charge is 0.497 e. The number of piperidine rings is 1. The number of aromatic amines is 1. The number of nitrogens with one attached hydrogen (secondary N) is 1. The molecule has 0 bridgehead atoms. The van der Waals surface area contributed by atoms with Crippen LogP contribution in [-0.2, 0) is 11.3 Å². The Hall–Kier alpha value is -2.38. The van der Waals surface area contributed by atoms with Gasteiger partial charge in [-0.25, -0.2) is 0 Å². The minimum Gasteiger partial charge on any atom is -0.497 e. The van der Waals surface area contributed by atoms with Crippen molar-refractivity contribution in [2.24, 2.45) is 0 Å². The Kier molecular flexibility index (Phi) is 5.92. The summed E-state index contributed by atoms with van der Waals surface area (Å²) in [6.45, 7) is 5.47. The van der Waals surface area contributed by atoms with Gasteiger partial charge in [0.25, 0.3) is 5.91 Å². The highest BCUT2D eigenvalue weighted by molar-refractivity contribution is 5.92. The Morgan fingerprint density at radius 3 is 2.79 bits per heavy atom. The molecule has 2 aromatic rings. The van der Waals surface area contributed by atoms with Crippen molar-refractivity contribution in [1.29, 1.82) is 0 Å². The van der Waals surface area contributed by atoms with Gasteiger partial charge in [0.15, 0.2) is 0 Å². The van der Waals surface area contributed by atoms with Crippen LogP contribution in [0.15, 0.2) is 30.3 Å². The number of amides is 1. The van der Waals surface area contributed by atoms with Crippen LogP contribution < -0.4 is 4.74 Å². The topological polar surface area (TPSA) is 70.7 Å². The zero-order valence-electron chi connectivity index (χ0n) is 16.4. The van der Waals surface area contributed by atoms with Gasteiger partial charge < -0.3 is 14.4 Å². The third-order valence-corrected chi connectivity index (χ3v) is 5.63. The number of hydrogen-bond acceptors (Lipinski definition) is 5. The molecule has 28 heavy (non-hydrogen) atoms. The van der Waals surface area contributed by atoms with Gasteiger partial charge in [0.05, 0.1) is 20.3 Å². The number of likely N-dealkylation sites (tertiary alicyclic amines) is 1. The number of benzene rings is 1. The molecule has 0 aliphatic carbocycles. The molecule has 150 valence electrons. The molecule has 2 aliphatic rings. The third-order valence-electron chi connectivity index (χ3n) is 5.63. The second-order valence-electron chi connectivity index (χ2n) is 7.54. The molecule has 2 fully saturated rings. The highest BCUT2D eigenvalue weighted by Crippen LogP contribution is 2.27. The van der Waals surface area contributed by atoms with Gasteiger partial charge >= 0.3 is 0 Å². The van der Waals surface area contributed by atoms with Crippen LogP contribution in [0.25, 0.3) is 0 Å². The lowest BCUT2D eigenvalue weighted by atomic mass is 9.94. The molecule has 1 amide bonds. The fourth-order valence-corrected chi connectivity index (χ4v) is 4.03. The van der Waals surface area contributed by atoms with E-state index >= 15 is 0 Å². The quantitative estimate of drug-likeness (QED) is 0.856. The molecule has 7 nitrogen and oxygen atoms in total. The lowest BCUT2D eigenvalue weighted by Gasteiger charge is -2.32. The second kappa shape index (κ2) is 8.75. The van der Waals surface area contributed by atoms with Gasteiger partial charge in [-0.2, -0.15) is 5.10 Å². The Morgan fingerprint density at radius 1 is 1.25 bits per heavy atom. The van der Waals surface area contributed by atoms with E-state index in [4.69, 9.17) is 9.47 Å². The normalized spacial score (nSPS) is 20.9. The van der Waals surface area contributed by atoms with E-state index in [-0.39, 0.29) is 5.91 Å². The first kappa shape index (κ1) is 19.0. The van der Waals surface area contributed by atoms with Crippen molar-refractivity contribution in [3.63, 3.8) is 0 Å². The first-order chi connectivity index (χ1) is 13.7. The number of hydrogen-bond donors (Lipinski definition) is 1. The average Bonchev–Trinajstić information content (AvgIpc) is 3.25. The Balaban J connectivity index is 1.37. The third kappa shape index (κ3) is 4.36.